The highest BCUT2D eigenvalue weighted by molar-refractivity contribution is 14.0. The van der Waals surface area contributed by atoms with Crippen LogP contribution in [0.3, 0.4) is 0 Å². The van der Waals surface area contributed by atoms with Crippen molar-refractivity contribution in [2.75, 3.05) is 33.8 Å². The van der Waals surface area contributed by atoms with Crippen LogP contribution in [-0.4, -0.2) is 49.6 Å². The summed E-state index contributed by atoms with van der Waals surface area (Å²) < 4.78 is 5.81. The van der Waals surface area contributed by atoms with Gasteiger partial charge in [0.25, 0.3) is 0 Å². The van der Waals surface area contributed by atoms with Gasteiger partial charge in [0.1, 0.15) is 12.4 Å². The van der Waals surface area contributed by atoms with Crippen LogP contribution in [0.1, 0.15) is 28.1 Å². The largest absolute Gasteiger partial charge is 0.492 e. The van der Waals surface area contributed by atoms with E-state index in [1.165, 1.54) is 4.88 Å². The summed E-state index contributed by atoms with van der Waals surface area (Å²) in [5.74, 6) is 1.69. The van der Waals surface area contributed by atoms with Crippen LogP contribution >= 0.6 is 35.3 Å². The van der Waals surface area contributed by atoms with Gasteiger partial charge in [-0.25, -0.2) is 9.98 Å². The average Bonchev–Trinajstić information content (AvgIpc) is 2.95. The first kappa shape index (κ1) is 24.6. The molecule has 1 aromatic carbocycles. The van der Waals surface area contributed by atoms with Gasteiger partial charge in [-0.2, -0.15) is 0 Å². The van der Waals surface area contributed by atoms with Crippen LogP contribution < -0.4 is 15.4 Å². The lowest BCUT2D eigenvalue weighted by atomic mass is 10.2. The first-order valence-corrected chi connectivity index (χ1v) is 10.1. The molecule has 0 bridgehead atoms. The minimum atomic E-state index is 0. The zero-order chi connectivity index (χ0) is 19.6. The Hall–Kier alpha value is -1.39. The minimum Gasteiger partial charge on any atom is -0.492 e. The molecule has 2 rings (SSSR count). The summed E-state index contributed by atoms with van der Waals surface area (Å²) in [6.45, 7) is 9.88. The van der Waals surface area contributed by atoms with Crippen molar-refractivity contribution >= 4 is 41.3 Å². The van der Waals surface area contributed by atoms with E-state index in [9.17, 15) is 0 Å². The molecule has 1 aromatic heterocycles. The van der Waals surface area contributed by atoms with Gasteiger partial charge in [-0.15, -0.1) is 35.3 Å². The maximum atomic E-state index is 5.81. The minimum absolute atomic E-state index is 0. The number of likely N-dealkylation sites (N-methyl/N-ethyl adjacent to an activating group) is 1. The predicted octanol–water partition coefficient (Wildman–Crippen LogP) is 3.57. The maximum absolute atomic E-state index is 5.81. The summed E-state index contributed by atoms with van der Waals surface area (Å²) in [7, 11) is 4.08. The number of hydrogen-bond acceptors (Lipinski definition) is 5. The lowest BCUT2D eigenvalue weighted by molar-refractivity contribution is 0.261. The third-order valence-corrected chi connectivity index (χ3v) is 4.96. The molecule has 0 aliphatic carbocycles. The van der Waals surface area contributed by atoms with E-state index in [2.05, 4.69) is 39.6 Å². The predicted molar refractivity (Wildman–Crippen MR) is 129 cm³/mol. The second-order valence-corrected chi connectivity index (χ2v) is 7.88. The van der Waals surface area contributed by atoms with E-state index >= 15 is 0 Å². The van der Waals surface area contributed by atoms with Gasteiger partial charge in [-0.3, -0.25) is 0 Å². The third-order valence-electron chi connectivity index (χ3n) is 3.89. The van der Waals surface area contributed by atoms with Crippen molar-refractivity contribution in [3.63, 3.8) is 0 Å². The number of aliphatic imine (C=N–C) groups is 1. The van der Waals surface area contributed by atoms with Gasteiger partial charge in [0, 0.05) is 18.0 Å². The van der Waals surface area contributed by atoms with Crippen molar-refractivity contribution in [2.24, 2.45) is 4.99 Å². The molecule has 0 aliphatic rings. The molecule has 0 saturated carbocycles. The van der Waals surface area contributed by atoms with Crippen LogP contribution in [0.2, 0.25) is 0 Å². The molecule has 0 aliphatic heterocycles. The van der Waals surface area contributed by atoms with Crippen molar-refractivity contribution in [1.82, 2.24) is 20.5 Å². The number of halogens is 1. The Bertz CT molecular complexity index is 748. The summed E-state index contributed by atoms with van der Waals surface area (Å²) in [4.78, 5) is 12.5. The average molecular weight is 517 g/mol. The molecular weight excluding hydrogens is 485 g/mol. The summed E-state index contributed by atoms with van der Waals surface area (Å²) >= 11 is 1.72. The van der Waals surface area contributed by atoms with E-state index in [4.69, 9.17) is 9.73 Å². The summed E-state index contributed by atoms with van der Waals surface area (Å²) in [5, 5.41) is 7.79. The van der Waals surface area contributed by atoms with Crippen LogP contribution in [0.15, 0.2) is 29.3 Å². The fraction of sp³-hybridized carbons (Fsp3) is 0.500. The molecule has 0 spiro atoms. The molecule has 156 valence electrons. The maximum Gasteiger partial charge on any atom is 0.191 e. The van der Waals surface area contributed by atoms with Gasteiger partial charge in [0.2, 0.25) is 0 Å². The normalized spacial score (nSPS) is 11.3. The molecule has 0 atom stereocenters. The fourth-order valence-electron chi connectivity index (χ4n) is 2.49. The number of aryl methyl sites for hydroxylation is 2. The highest BCUT2D eigenvalue weighted by Crippen LogP contribution is 2.17. The highest BCUT2D eigenvalue weighted by Gasteiger charge is 2.06. The smallest absolute Gasteiger partial charge is 0.191 e. The Morgan fingerprint density at radius 1 is 1.25 bits per heavy atom. The molecular formula is C20H32IN5OS. The molecule has 2 N–H and O–H groups in total. The van der Waals surface area contributed by atoms with E-state index in [1.807, 2.05) is 40.1 Å². The molecule has 0 unspecified atom stereocenters. The number of benzene rings is 1. The van der Waals surface area contributed by atoms with Crippen molar-refractivity contribution < 1.29 is 4.74 Å². The molecule has 0 amide bonds. The van der Waals surface area contributed by atoms with Gasteiger partial charge < -0.3 is 20.3 Å². The Morgan fingerprint density at radius 3 is 2.68 bits per heavy atom. The van der Waals surface area contributed by atoms with Crippen molar-refractivity contribution in [3.05, 3.63) is 45.4 Å². The SMILES string of the molecule is CCNC(=NCc1cccc(OCCN(C)C)c1)NCc1sc(C)nc1C.I. The number of ether oxygens (including phenoxy) is 1. The van der Waals surface area contributed by atoms with Crippen LogP contribution in [0.25, 0.3) is 0 Å². The fourth-order valence-corrected chi connectivity index (χ4v) is 3.37. The molecule has 0 saturated heterocycles. The molecule has 6 nitrogen and oxygen atoms in total. The van der Waals surface area contributed by atoms with E-state index in [0.717, 1.165) is 47.6 Å². The van der Waals surface area contributed by atoms with Gasteiger partial charge in [0.05, 0.1) is 23.8 Å². The second-order valence-electron chi connectivity index (χ2n) is 6.59. The highest BCUT2D eigenvalue weighted by atomic mass is 127. The molecule has 2 aromatic rings. The topological polar surface area (TPSA) is 61.8 Å². The summed E-state index contributed by atoms with van der Waals surface area (Å²) in [5.41, 5.74) is 2.21. The number of thiazole rings is 1. The quantitative estimate of drug-likeness (QED) is 0.303. The zero-order valence-electron chi connectivity index (χ0n) is 17.4. The van der Waals surface area contributed by atoms with E-state index in [-0.39, 0.29) is 24.0 Å². The number of hydrogen-bond donors (Lipinski definition) is 2. The standard InChI is InChI=1S/C20H31N5OS.HI/c1-6-21-20(23-14-19-15(2)24-16(3)27-19)22-13-17-8-7-9-18(12-17)26-11-10-25(4)5;/h7-9,12H,6,10-11,13-14H2,1-5H3,(H2,21,22,23);1H. The number of guanidine groups is 1. The van der Waals surface area contributed by atoms with Gasteiger partial charge in [-0.05, 0) is 52.6 Å². The summed E-state index contributed by atoms with van der Waals surface area (Å²) in [6, 6.07) is 8.13. The Labute approximate surface area is 189 Å². The number of rotatable bonds is 9. The van der Waals surface area contributed by atoms with Crippen LogP contribution in [0.4, 0.5) is 0 Å². The lowest BCUT2D eigenvalue weighted by Crippen LogP contribution is -2.36. The van der Waals surface area contributed by atoms with Crippen molar-refractivity contribution in [3.8, 4) is 5.75 Å². The number of nitrogens with one attached hydrogen (secondary N) is 2. The zero-order valence-corrected chi connectivity index (χ0v) is 20.6. The van der Waals surface area contributed by atoms with E-state index < -0.39 is 0 Å². The monoisotopic (exact) mass is 517 g/mol. The lowest BCUT2D eigenvalue weighted by Gasteiger charge is -2.12. The second kappa shape index (κ2) is 12.9. The van der Waals surface area contributed by atoms with Gasteiger partial charge in [0.15, 0.2) is 5.96 Å². The first-order chi connectivity index (χ1) is 13.0. The number of nitrogens with zero attached hydrogens (tertiary/aromatic N) is 3. The Balaban J connectivity index is 0.00000392. The third kappa shape index (κ3) is 8.74. The van der Waals surface area contributed by atoms with Gasteiger partial charge in [-0.1, -0.05) is 12.1 Å². The molecule has 0 fully saturated rings. The van der Waals surface area contributed by atoms with Crippen LogP contribution in [-0.2, 0) is 13.1 Å². The van der Waals surface area contributed by atoms with Crippen LogP contribution in [0, 0.1) is 13.8 Å². The molecule has 28 heavy (non-hydrogen) atoms. The van der Waals surface area contributed by atoms with Crippen molar-refractivity contribution in [2.45, 2.75) is 33.9 Å². The Kier molecular flexibility index (Phi) is 11.4. The molecule has 8 heteroatoms. The molecule has 0 radical (unpaired) electrons. The first-order valence-electron chi connectivity index (χ1n) is 9.29. The summed E-state index contributed by atoms with van der Waals surface area (Å²) in [6.07, 6.45) is 0. The van der Waals surface area contributed by atoms with Gasteiger partial charge >= 0.3 is 0 Å². The van der Waals surface area contributed by atoms with E-state index in [0.29, 0.717) is 13.2 Å². The van der Waals surface area contributed by atoms with E-state index in [1.54, 1.807) is 11.3 Å². The Morgan fingerprint density at radius 2 is 2.04 bits per heavy atom. The van der Waals surface area contributed by atoms with Crippen LogP contribution in [0.5, 0.6) is 5.75 Å². The van der Waals surface area contributed by atoms with Crippen molar-refractivity contribution in [1.29, 1.82) is 0 Å². The molecule has 1 heterocycles. The number of aromatic nitrogens is 1.